The van der Waals surface area contributed by atoms with E-state index in [0.717, 1.165) is 22.3 Å². The number of nitrogens with zero attached hydrogens (tertiary/aromatic N) is 2. The average Bonchev–Trinajstić information content (AvgIpc) is 2.39. The fourth-order valence-electron chi connectivity index (χ4n) is 1.81. The van der Waals surface area contributed by atoms with Gasteiger partial charge in [0.15, 0.2) is 5.82 Å². The van der Waals surface area contributed by atoms with E-state index in [-0.39, 0.29) is 0 Å². The number of hydrogen-bond acceptors (Lipinski definition) is 2. The number of aromatic nitrogens is 2. The lowest BCUT2D eigenvalue weighted by atomic mass is 10.1. The summed E-state index contributed by atoms with van der Waals surface area (Å²) in [4.78, 5) is 8.96. The molecule has 0 aliphatic heterocycles. The zero-order chi connectivity index (χ0) is 11.7. The third-order valence-corrected chi connectivity index (χ3v) is 2.80. The van der Waals surface area contributed by atoms with Crippen molar-refractivity contribution in [2.24, 2.45) is 0 Å². The number of aryl methyl sites for hydroxylation is 1. The van der Waals surface area contributed by atoms with E-state index in [1.54, 1.807) is 0 Å². The lowest BCUT2D eigenvalue weighted by molar-refractivity contribution is 1.22. The Balaban J connectivity index is 2.14. The van der Waals surface area contributed by atoms with E-state index < -0.39 is 0 Å². The molecule has 1 heterocycles. The van der Waals surface area contributed by atoms with Gasteiger partial charge in [0.25, 0.3) is 0 Å². The zero-order valence-corrected chi connectivity index (χ0v) is 9.59. The van der Waals surface area contributed by atoms with Crippen LogP contribution in [-0.2, 0) is 0 Å². The van der Waals surface area contributed by atoms with Crippen LogP contribution in [0.1, 0.15) is 5.56 Å². The Hall–Kier alpha value is -2.22. The zero-order valence-electron chi connectivity index (χ0n) is 9.59. The molecular formula is C15H12N2. The smallest absolute Gasteiger partial charge is 0.159 e. The van der Waals surface area contributed by atoms with Crippen molar-refractivity contribution < 1.29 is 0 Å². The monoisotopic (exact) mass is 220 g/mol. The molecule has 0 spiro atoms. The van der Waals surface area contributed by atoms with Gasteiger partial charge in [0.1, 0.15) is 0 Å². The molecule has 0 bridgehead atoms. The Kier molecular flexibility index (Phi) is 2.33. The van der Waals surface area contributed by atoms with Crippen molar-refractivity contribution in [3.8, 4) is 11.4 Å². The highest BCUT2D eigenvalue weighted by Gasteiger charge is 2.01. The molecule has 17 heavy (non-hydrogen) atoms. The van der Waals surface area contributed by atoms with Crippen LogP contribution in [0.25, 0.3) is 22.3 Å². The Morgan fingerprint density at radius 1 is 0.882 bits per heavy atom. The van der Waals surface area contributed by atoms with Crippen LogP contribution in [0.3, 0.4) is 0 Å². The molecule has 2 nitrogen and oxygen atoms in total. The highest BCUT2D eigenvalue weighted by Crippen LogP contribution is 2.18. The van der Waals surface area contributed by atoms with Crippen LogP contribution in [0, 0.1) is 6.92 Å². The van der Waals surface area contributed by atoms with Crippen molar-refractivity contribution in [3.63, 3.8) is 0 Å². The van der Waals surface area contributed by atoms with Crippen molar-refractivity contribution >= 4 is 10.9 Å². The minimum Gasteiger partial charge on any atom is -0.236 e. The third kappa shape index (κ3) is 1.89. The Morgan fingerprint density at radius 2 is 1.65 bits per heavy atom. The quantitative estimate of drug-likeness (QED) is 0.626. The van der Waals surface area contributed by atoms with Gasteiger partial charge < -0.3 is 0 Å². The number of rotatable bonds is 1. The Morgan fingerprint density at radius 3 is 2.47 bits per heavy atom. The predicted molar refractivity (Wildman–Crippen MR) is 69.7 cm³/mol. The first-order chi connectivity index (χ1) is 8.33. The molecule has 2 heteroatoms. The van der Waals surface area contributed by atoms with Crippen LogP contribution >= 0.6 is 0 Å². The van der Waals surface area contributed by atoms with Crippen LogP contribution in [0.2, 0.25) is 0 Å². The maximum Gasteiger partial charge on any atom is 0.159 e. The average molecular weight is 220 g/mol. The fourth-order valence-corrected chi connectivity index (χ4v) is 1.81. The Labute approximate surface area is 100.0 Å². The maximum atomic E-state index is 4.56. The molecule has 0 aliphatic rings. The molecule has 0 fully saturated rings. The van der Waals surface area contributed by atoms with Crippen LogP contribution < -0.4 is 0 Å². The number of hydrogen-bond donors (Lipinski definition) is 0. The van der Waals surface area contributed by atoms with E-state index in [9.17, 15) is 0 Å². The van der Waals surface area contributed by atoms with Crippen molar-refractivity contribution in [1.82, 2.24) is 9.97 Å². The first-order valence-electron chi connectivity index (χ1n) is 5.62. The second kappa shape index (κ2) is 3.98. The molecule has 0 saturated carbocycles. The molecule has 0 N–H and O–H groups in total. The summed E-state index contributed by atoms with van der Waals surface area (Å²) in [7, 11) is 0. The largest absolute Gasteiger partial charge is 0.236 e. The standard InChI is InChI=1S/C15H12N2/c1-11-6-8-12(9-7-11)15-16-10-13-4-2-3-5-14(13)17-15/h2-10H,1H3. The minimum absolute atomic E-state index is 0.781. The molecule has 3 aromatic rings. The summed E-state index contributed by atoms with van der Waals surface area (Å²) in [6.45, 7) is 2.07. The lowest BCUT2D eigenvalue weighted by Gasteiger charge is -2.02. The van der Waals surface area contributed by atoms with Crippen LogP contribution in [0.15, 0.2) is 54.7 Å². The van der Waals surface area contributed by atoms with Gasteiger partial charge in [0, 0.05) is 17.1 Å². The molecule has 1 aromatic heterocycles. The maximum absolute atomic E-state index is 4.56. The predicted octanol–water partition coefficient (Wildman–Crippen LogP) is 3.61. The number of fused-ring (bicyclic) bond motifs is 1. The summed E-state index contributed by atoms with van der Waals surface area (Å²) in [5.74, 6) is 0.781. The van der Waals surface area contributed by atoms with Gasteiger partial charge in [-0.05, 0) is 13.0 Å². The van der Waals surface area contributed by atoms with Gasteiger partial charge in [0.2, 0.25) is 0 Å². The summed E-state index contributed by atoms with van der Waals surface area (Å²) < 4.78 is 0. The van der Waals surface area contributed by atoms with Gasteiger partial charge in [-0.25, -0.2) is 9.97 Å². The number of benzene rings is 2. The van der Waals surface area contributed by atoms with E-state index in [2.05, 4.69) is 41.2 Å². The molecule has 0 radical (unpaired) electrons. The summed E-state index contributed by atoms with van der Waals surface area (Å²) in [5.41, 5.74) is 3.29. The van der Waals surface area contributed by atoms with Crippen LogP contribution in [-0.4, -0.2) is 9.97 Å². The summed E-state index contributed by atoms with van der Waals surface area (Å²) in [6.07, 6.45) is 1.87. The highest BCUT2D eigenvalue weighted by molar-refractivity contribution is 5.79. The van der Waals surface area contributed by atoms with Crippen molar-refractivity contribution in [2.45, 2.75) is 6.92 Å². The van der Waals surface area contributed by atoms with E-state index in [4.69, 9.17) is 0 Å². The van der Waals surface area contributed by atoms with Crippen molar-refractivity contribution in [3.05, 3.63) is 60.3 Å². The van der Waals surface area contributed by atoms with Crippen molar-refractivity contribution in [1.29, 1.82) is 0 Å². The van der Waals surface area contributed by atoms with Gasteiger partial charge in [0.05, 0.1) is 5.52 Å². The molecule has 0 saturated heterocycles. The second-order valence-electron chi connectivity index (χ2n) is 4.12. The van der Waals surface area contributed by atoms with E-state index in [1.807, 2.05) is 30.5 Å². The summed E-state index contributed by atoms with van der Waals surface area (Å²) in [6, 6.07) is 16.3. The fraction of sp³-hybridized carbons (Fsp3) is 0.0667. The van der Waals surface area contributed by atoms with Gasteiger partial charge >= 0.3 is 0 Å². The van der Waals surface area contributed by atoms with Gasteiger partial charge in [-0.15, -0.1) is 0 Å². The molecule has 0 unspecified atom stereocenters. The molecular weight excluding hydrogens is 208 g/mol. The van der Waals surface area contributed by atoms with Gasteiger partial charge in [-0.2, -0.15) is 0 Å². The second-order valence-corrected chi connectivity index (χ2v) is 4.12. The SMILES string of the molecule is Cc1ccc(-c2ncc3ccccc3n2)cc1. The topological polar surface area (TPSA) is 25.8 Å². The molecule has 2 aromatic carbocycles. The van der Waals surface area contributed by atoms with Gasteiger partial charge in [-0.1, -0.05) is 48.0 Å². The molecule has 3 rings (SSSR count). The van der Waals surface area contributed by atoms with Crippen LogP contribution in [0.4, 0.5) is 0 Å². The molecule has 0 amide bonds. The number of para-hydroxylation sites is 1. The van der Waals surface area contributed by atoms with Gasteiger partial charge in [-0.3, -0.25) is 0 Å². The minimum atomic E-state index is 0.781. The summed E-state index contributed by atoms with van der Waals surface area (Å²) >= 11 is 0. The Bertz CT molecular complexity index is 657. The molecule has 0 aliphatic carbocycles. The highest BCUT2D eigenvalue weighted by atomic mass is 14.9. The molecule has 82 valence electrons. The van der Waals surface area contributed by atoms with Crippen LogP contribution in [0.5, 0.6) is 0 Å². The molecule has 0 atom stereocenters. The normalized spacial score (nSPS) is 10.6. The third-order valence-electron chi connectivity index (χ3n) is 2.80. The first kappa shape index (κ1) is 9.97. The first-order valence-corrected chi connectivity index (χ1v) is 5.62. The lowest BCUT2D eigenvalue weighted by Crippen LogP contribution is -1.89. The van der Waals surface area contributed by atoms with E-state index in [0.29, 0.717) is 0 Å². The van der Waals surface area contributed by atoms with E-state index in [1.165, 1.54) is 5.56 Å². The van der Waals surface area contributed by atoms with Crippen molar-refractivity contribution in [2.75, 3.05) is 0 Å². The summed E-state index contributed by atoms with van der Waals surface area (Å²) in [5, 5.41) is 1.07. The van der Waals surface area contributed by atoms with E-state index >= 15 is 0 Å².